The zero-order chi connectivity index (χ0) is 7.56. The summed E-state index contributed by atoms with van der Waals surface area (Å²) in [5.41, 5.74) is 0. The first-order valence-corrected chi connectivity index (χ1v) is 6.58. The van der Waals surface area contributed by atoms with Crippen LogP contribution in [-0.4, -0.2) is 12.5 Å². The highest BCUT2D eigenvalue weighted by atomic mass is 32.2. The normalized spacial score (nSPS) is 10.2. The van der Waals surface area contributed by atoms with Crippen molar-refractivity contribution in [2.45, 2.75) is 8.42 Å². The van der Waals surface area contributed by atoms with Gasteiger partial charge in [0.1, 0.15) is 0 Å². The van der Waals surface area contributed by atoms with E-state index in [1.54, 1.807) is 23.5 Å². The summed E-state index contributed by atoms with van der Waals surface area (Å²) >= 11 is 5.99. The molecule has 0 saturated carbocycles. The summed E-state index contributed by atoms with van der Waals surface area (Å²) in [6, 6.07) is 0. The molecule has 0 unspecified atom stereocenters. The molecule has 0 spiro atoms. The molecule has 1 heterocycles. The summed E-state index contributed by atoms with van der Waals surface area (Å²) in [5, 5.41) is 0. The highest BCUT2D eigenvalue weighted by Gasteiger charge is 2.04. The number of hydrogen-bond donors (Lipinski definition) is 0. The quantitative estimate of drug-likeness (QED) is 0.699. The third kappa shape index (κ3) is 1.78. The molecule has 0 aliphatic rings. The molecule has 10 heavy (non-hydrogen) atoms. The first-order valence-electron chi connectivity index (χ1n) is 2.50. The van der Waals surface area contributed by atoms with E-state index in [1.165, 1.54) is 22.7 Å². The van der Waals surface area contributed by atoms with Gasteiger partial charge >= 0.3 is 0 Å². The molecule has 0 atom stereocenters. The van der Waals surface area contributed by atoms with E-state index in [0.29, 0.717) is 0 Å². The third-order valence-corrected chi connectivity index (χ3v) is 5.67. The van der Waals surface area contributed by atoms with Gasteiger partial charge in [0, 0.05) is 0 Å². The van der Waals surface area contributed by atoms with E-state index in [0.717, 1.165) is 8.42 Å². The third-order valence-electron chi connectivity index (χ3n) is 0.890. The largest absolute Gasteiger partial charge is 0.289 e. The molecule has 0 fully saturated rings. The summed E-state index contributed by atoms with van der Waals surface area (Å²) in [5.74, 6) is 0. The molecule has 1 rings (SSSR count). The van der Waals surface area contributed by atoms with Crippen LogP contribution in [0.1, 0.15) is 0 Å². The molecule has 0 radical (unpaired) electrons. The van der Waals surface area contributed by atoms with E-state index < -0.39 is 0 Å². The monoisotopic (exact) mass is 210 g/mol. The predicted molar refractivity (Wildman–Crippen MR) is 52.0 cm³/mol. The van der Waals surface area contributed by atoms with Crippen LogP contribution in [0.5, 0.6) is 0 Å². The van der Waals surface area contributed by atoms with E-state index in [4.69, 9.17) is 0 Å². The minimum Gasteiger partial charge on any atom is -0.265 e. The molecule has 0 aliphatic heterocycles. The second-order valence-electron chi connectivity index (χ2n) is 1.44. The molecular formula is C5H6OS4. The SMILES string of the molecule is CSc1sc(=O)sc1SC. The Hall–Kier alpha value is 0.550. The van der Waals surface area contributed by atoms with E-state index >= 15 is 0 Å². The summed E-state index contributed by atoms with van der Waals surface area (Å²) in [4.78, 5) is 10.8. The summed E-state index contributed by atoms with van der Waals surface area (Å²) in [6.07, 6.45) is 4.00. The Kier molecular flexibility index (Phi) is 3.29. The smallest absolute Gasteiger partial charge is 0.265 e. The molecule has 0 saturated heterocycles. The van der Waals surface area contributed by atoms with Crippen molar-refractivity contribution in [2.75, 3.05) is 12.5 Å². The van der Waals surface area contributed by atoms with Crippen LogP contribution in [0.4, 0.5) is 0 Å². The van der Waals surface area contributed by atoms with Crippen LogP contribution in [0.15, 0.2) is 13.2 Å². The van der Waals surface area contributed by atoms with Crippen LogP contribution < -0.4 is 4.06 Å². The van der Waals surface area contributed by atoms with Gasteiger partial charge in [-0.15, -0.1) is 23.5 Å². The Bertz CT molecular complexity index is 236. The van der Waals surface area contributed by atoms with Gasteiger partial charge in [-0.05, 0) is 12.5 Å². The maximum atomic E-state index is 10.8. The molecule has 0 N–H and O–H groups in total. The van der Waals surface area contributed by atoms with Crippen molar-refractivity contribution in [1.29, 1.82) is 0 Å². The highest BCUT2D eigenvalue weighted by molar-refractivity contribution is 8.04. The fourth-order valence-corrected chi connectivity index (χ4v) is 4.91. The molecule has 0 aliphatic carbocycles. The maximum absolute atomic E-state index is 10.8. The van der Waals surface area contributed by atoms with Gasteiger partial charge in [-0.3, -0.25) is 4.79 Å². The zero-order valence-electron chi connectivity index (χ0n) is 5.54. The topological polar surface area (TPSA) is 17.1 Å². The first-order chi connectivity index (χ1) is 4.77. The van der Waals surface area contributed by atoms with Crippen LogP contribution >= 0.6 is 46.2 Å². The summed E-state index contributed by atoms with van der Waals surface area (Å²) < 4.78 is 2.51. The number of rotatable bonds is 2. The lowest BCUT2D eigenvalue weighted by Gasteiger charge is -1.89. The molecule has 0 amide bonds. The van der Waals surface area contributed by atoms with E-state index in [1.807, 2.05) is 12.5 Å². The van der Waals surface area contributed by atoms with Crippen molar-refractivity contribution in [1.82, 2.24) is 0 Å². The Balaban J connectivity index is 3.08. The summed E-state index contributed by atoms with van der Waals surface area (Å²) in [6.45, 7) is 0. The zero-order valence-corrected chi connectivity index (χ0v) is 8.81. The molecule has 1 aromatic rings. The van der Waals surface area contributed by atoms with E-state index in [-0.39, 0.29) is 4.06 Å². The average molecular weight is 210 g/mol. The summed E-state index contributed by atoms with van der Waals surface area (Å²) in [7, 11) is 0. The Morgan fingerprint density at radius 3 is 1.80 bits per heavy atom. The lowest BCUT2D eigenvalue weighted by Crippen LogP contribution is -1.73. The molecule has 5 heteroatoms. The Morgan fingerprint density at radius 1 is 1.10 bits per heavy atom. The van der Waals surface area contributed by atoms with Gasteiger partial charge in [-0.25, -0.2) is 0 Å². The Morgan fingerprint density at radius 2 is 1.50 bits per heavy atom. The molecule has 0 aromatic carbocycles. The minimum atomic E-state index is 0.202. The van der Waals surface area contributed by atoms with Crippen LogP contribution in [0.25, 0.3) is 0 Å². The van der Waals surface area contributed by atoms with Crippen LogP contribution in [0.2, 0.25) is 0 Å². The molecule has 0 bridgehead atoms. The van der Waals surface area contributed by atoms with Crippen LogP contribution in [0.3, 0.4) is 0 Å². The van der Waals surface area contributed by atoms with Gasteiger partial charge in [-0.2, -0.15) is 0 Å². The van der Waals surface area contributed by atoms with Gasteiger partial charge in [0.2, 0.25) is 0 Å². The second kappa shape index (κ2) is 3.80. The van der Waals surface area contributed by atoms with Crippen molar-refractivity contribution in [2.24, 2.45) is 0 Å². The maximum Gasteiger partial charge on any atom is 0.289 e. The van der Waals surface area contributed by atoms with Crippen molar-refractivity contribution < 1.29 is 0 Å². The standard InChI is InChI=1S/C5H6OS4/c1-7-3-4(8-2)10-5(6)9-3/h1-2H3. The van der Waals surface area contributed by atoms with Gasteiger partial charge in [-0.1, -0.05) is 22.7 Å². The molecular weight excluding hydrogens is 204 g/mol. The highest BCUT2D eigenvalue weighted by Crippen LogP contribution is 2.33. The minimum absolute atomic E-state index is 0.202. The molecule has 1 aromatic heterocycles. The van der Waals surface area contributed by atoms with Crippen molar-refractivity contribution in [3.8, 4) is 0 Å². The predicted octanol–water partition coefficient (Wildman–Crippen LogP) is 2.61. The van der Waals surface area contributed by atoms with Gasteiger partial charge in [0.05, 0.1) is 8.42 Å². The lowest BCUT2D eigenvalue weighted by molar-refractivity contribution is 1.54. The van der Waals surface area contributed by atoms with Crippen molar-refractivity contribution >= 4 is 46.2 Å². The number of thioether (sulfide) groups is 2. The molecule has 1 nitrogen and oxygen atoms in total. The van der Waals surface area contributed by atoms with Crippen molar-refractivity contribution in [3.63, 3.8) is 0 Å². The van der Waals surface area contributed by atoms with Gasteiger partial charge < -0.3 is 0 Å². The fourth-order valence-electron chi connectivity index (χ4n) is 0.506. The van der Waals surface area contributed by atoms with E-state index in [2.05, 4.69) is 0 Å². The lowest BCUT2D eigenvalue weighted by atomic mass is 11.1. The van der Waals surface area contributed by atoms with Crippen molar-refractivity contribution in [3.05, 3.63) is 8.85 Å². The molecule has 56 valence electrons. The average Bonchev–Trinajstić information content (AvgIpc) is 2.30. The van der Waals surface area contributed by atoms with Crippen LogP contribution in [0, 0.1) is 0 Å². The van der Waals surface area contributed by atoms with Gasteiger partial charge in [0.15, 0.2) is 0 Å². The fraction of sp³-hybridized carbons (Fsp3) is 0.400. The first kappa shape index (κ1) is 8.64. The second-order valence-corrected chi connectivity index (χ2v) is 5.81. The Labute approximate surface area is 75.9 Å². The van der Waals surface area contributed by atoms with E-state index in [9.17, 15) is 4.79 Å². The number of hydrogen-bond acceptors (Lipinski definition) is 5. The van der Waals surface area contributed by atoms with Crippen LogP contribution in [-0.2, 0) is 0 Å². The van der Waals surface area contributed by atoms with Gasteiger partial charge in [0.25, 0.3) is 4.06 Å².